The highest BCUT2D eigenvalue weighted by atomic mass is 16.2. The van der Waals surface area contributed by atoms with E-state index in [2.05, 4.69) is 33.0 Å². The molecule has 0 aliphatic heterocycles. The fourth-order valence-corrected chi connectivity index (χ4v) is 2.97. The summed E-state index contributed by atoms with van der Waals surface area (Å²) in [7, 11) is 0. The molecule has 0 saturated heterocycles. The van der Waals surface area contributed by atoms with Gasteiger partial charge in [-0.15, -0.1) is 0 Å². The summed E-state index contributed by atoms with van der Waals surface area (Å²) in [5.41, 5.74) is 1.36. The van der Waals surface area contributed by atoms with Crippen LogP contribution in [0.15, 0.2) is 30.3 Å². The van der Waals surface area contributed by atoms with Gasteiger partial charge in [0.2, 0.25) is 5.91 Å². The zero-order valence-corrected chi connectivity index (χ0v) is 11.9. The zero-order chi connectivity index (χ0) is 13.6. The highest BCUT2D eigenvalue weighted by Gasteiger charge is 2.68. The third kappa shape index (κ3) is 1.94. The molecule has 98 valence electrons. The molecule has 1 aromatic carbocycles. The fraction of sp³-hybridized carbons (Fsp3) is 0.562. The smallest absolute Gasteiger partial charge is 0.224 e. The molecule has 0 radical (unpaired) electrons. The Morgan fingerprint density at radius 2 is 1.61 bits per heavy atom. The van der Waals surface area contributed by atoms with Gasteiger partial charge in [-0.1, -0.05) is 58.0 Å². The lowest BCUT2D eigenvalue weighted by Gasteiger charge is -2.15. The van der Waals surface area contributed by atoms with Crippen molar-refractivity contribution >= 4 is 5.91 Å². The van der Waals surface area contributed by atoms with E-state index in [4.69, 9.17) is 0 Å². The Kier molecular flexibility index (Phi) is 3.00. The Labute approximate surface area is 110 Å². The van der Waals surface area contributed by atoms with Gasteiger partial charge in [-0.3, -0.25) is 4.79 Å². The number of rotatable bonds is 3. The van der Waals surface area contributed by atoms with Gasteiger partial charge in [0.1, 0.15) is 0 Å². The molecule has 0 bridgehead atoms. The number of nitrogens with one attached hydrogen (secondary N) is 1. The minimum Gasteiger partial charge on any atom is -0.349 e. The van der Waals surface area contributed by atoms with Gasteiger partial charge in [-0.2, -0.15) is 0 Å². The molecule has 2 heteroatoms. The van der Waals surface area contributed by atoms with Crippen molar-refractivity contribution in [3.05, 3.63) is 35.9 Å². The first-order valence-electron chi connectivity index (χ1n) is 6.64. The molecule has 0 heterocycles. The molecular weight excluding hydrogens is 222 g/mol. The van der Waals surface area contributed by atoms with Crippen molar-refractivity contribution in [2.24, 2.45) is 16.7 Å². The van der Waals surface area contributed by atoms with Crippen LogP contribution in [0.4, 0.5) is 0 Å². The minimum absolute atomic E-state index is 0.0749. The molecule has 18 heavy (non-hydrogen) atoms. The molecule has 1 aliphatic carbocycles. The van der Waals surface area contributed by atoms with Gasteiger partial charge in [0.05, 0.1) is 6.04 Å². The van der Waals surface area contributed by atoms with E-state index in [0.29, 0.717) is 0 Å². The molecule has 2 rings (SSSR count). The van der Waals surface area contributed by atoms with Gasteiger partial charge in [0.25, 0.3) is 0 Å². The fourth-order valence-electron chi connectivity index (χ4n) is 2.97. The van der Waals surface area contributed by atoms with E-state index in [9.17, 15) is 4.79 Å². The summed E-state index contributed by atoms with van der Waals surface area (Å²) in [4.78, 5) is 12.3. The highest BCUT2D eigenvalue weighted by molar-refractivity contribution is 5.84. The van der Waals surface area contributed by atoms with Crippen LogP contribution in [0.3, 0.4) is 0 Å². The second-order valence-electron chi connectivity index (χ2n) is 6.52. The van der Waals surface area contributed by atoms with E-state index < -0.39 is 0 Å². The molecule has 0 aromatic heterocycles. The molecule has 0 unspecified atom stereocenters. The maximum absolute atomic E-state index is 12.3. The number of carbonyl (C=O) groups is 1. The van der Waals surface area contributed by atoms with Gasteiger partial charge < -0.3 is 5.32 Å². The Morgan fingerprint density at radius 3 is 2.06 bits per heavy atom. The average molecular weight is 245 g/mol. The van der Waals surface area contributed by atoms with Crippen LogP contribution in [-0.4, -0.2) is 5.91 Å². The normalized spacial score (nSPS) is 22.3. The summed E-state index contributed by atoms with van der Waals surface area (Å²) in [5, 5.41) is 3.13. The van der Waals surface area contributed by atoms with E-state index in [1.165, 1.54) is 0 Å². The number of benzene rings is 1. The number of carbonyl (C=O) groups excluding carboxylic acids is 1. The standard InChI is InChI=1S/C16H23NO/c1-11(12-9-7-6-8-10-12)17-14(18)13-15(2,3)16(13,4)5/h6-11,13H,1-5H3,(H,17,18)/t11-/m0/s1. The molecule has 1 saturated carbocycles. The Hall–Kier alpha value is -1.31. The first-order chi connectivity index (χ1) is 8.28. The van der Waals surface area contributed by atoms with Crippen molar-refractivity contribution in [2.45, 2.75) is 40.7 Å². The van der Waals surface area contributed by atoms with Crippen LogP contribution in [0.1, 0.15) is 46.2 Å². The summed E-state index contributed by atoms with van der Waals surface area (Å²) in [6.07, 6.45) is 0. The first kappa shape index (κ1) is 13.1. The van der Waals surface area contributed by atoms with E-state index in [0.717, 1.165) is 5.56 Å². The van der Waals surface area contributed by atoms with Crippen LogP contribution < -0.4 is 5.32 Å². The lowest BCUT2D eigenvalue weighted by Crippen LogP contribution is -2.30. The molecule has 1 fully saturated rings. The molecule has 1 aromatic rings. The van der Waals surface area contributed by atoms with Crippen molar-refractivity contribution in [3.63, 3.8) is 0 Å². The second kappa shape index (κ2) is 4.11. The average Bonchev–Trinajstić information content (AvgIpc) is 2.70. The molecule has 1 N–H and O–H groups in total. The van der Waals surface area contributed by atoms with Crippen LogP contribution in [0.2, 0.25) is 0 Å². The quantitative estimate of drug-likeness (QED) is 0.867. The van der Waals surface area contributed by atoms with Crippen LogP contribution >= 0.6 is 0 Å². The van der Waals surface area contributed by atoms with Crippen LogP contribution in [0, 0.1) is 16.7 Å². The first-order valence-corrected chi connectivity index (χ1v) is 6.64. The van der Waals surface area contributed by atoms with E-state index >= 15 is 0 Å². The van der Waals surface area contributed by atoms with Gasteiger partial charge in [-0.05, 0) is 23.3 Å². The second-order valence-corrected chi connectivity index (χ2v) is 6.52. The maximum atomic E-state index is 12.3. The van der Waals surface area contributed by atoms with Gasteiger partial charge in [-0.25, -0.2) is 0 Å². The van der Waals surface area contributed by atoms with Crippen LogP contribution in [-0.2, 0) is 4.79 Å². The van der Waals surface area contributed by atoms with E-state index in [-0.39, 0.29) is 28.7 Å². The molecule has 0 spiro atoms. The summed E-state index contributed by atoms with van der Waals surface area (Å²) in [6.45, 7) is 10.7. The molecule has 1 aliphatic rings. The van der Waals surface area contributed by atoms with Gasteiger partial charge >= 0.3 is 0 Å². The van der Waals surface area contributed by atoms with Crippen molar-refractivity contribution < 1.29 is 4.79 Å². The predicted octanol–water partition coefficient (Wildman–Crippen LogP) is 3.55. The minimum atomic E-state index is 0.0749. The predicted molar refractivity (Wildman–Crippen MR) is 74.1 cm³/mol. The molecule has 2 nitrogen and oxygen atoms in total. The monoisotopic (exact) mass is 245 g/mol. The van der Waals surface area contributed by atoms with Crippen molar-refractivity contribution in [2.75, 3.05) is 0 Å². The Balaban J connectivity index is 2.02. The summed E-state index contributed by atoms with van der Waals surface area (Å²) in [6, 6.07) is 10.2. The highest BCUT2D eigenvalue weighted by Crippen LogP contribution is 2.68. The van der Waals surface area contributed by atoms with E-state index in [1.54, 1.807) is 0 Å². The molecule has 1 atom stereocenters. The third-order valence-corrected chi connectivity index (χ3v) is 4.94. The van der Waals surface area contributed by atoms with Crippen molar-refractivity contribution in [3.8, 4) is 0 Å². The lowest BCUT2D eigenvalue weighted by molar-refractivity contribution is -0.124. The SMILES string of the molecule is C[C@H](NC(=O)C1C(C)(C)C1(C)C)c1ccccc1. The zero-order valence-electron chi connectivity index (χ0n) is 11.9. The van der Waals surface area contributed by atoms with Crippen LogP contribution in [0.5, 0.6) is 0 Å². The van der Waals surface area contributed by atoms with Crippen molar-refractivity contribution in [1.82, 2.24) is 5.32 Å². The number of hydrogen-bond donors (Lipinski definition) is 1. The van der Waals surface area contributed by atoms with E-state index in [1.807, 2.05) is 37.3 Å². The number of hydrogen-bond acceptors (Lipinski definition) is 1. The summed E-state index contributed by atoms with van der Waals surface area (Å²) in [5.74, 6) is 0.303. The van der Waals surface area contributed by atoms with Crippen molar-refractivity contribution in [1.29, 1.82) is 0 Å². The molecule has 1 amide bonds. The van der Waals surface area contributed by atoms with Gasteiger partial charge in [0.15, 0.2) is 0 Å². The topological polar surface area (TPSA) is 29.1 Å². The summed E-state index contributed by atoms with van der Waals surface area (Å²) >= 11 is 0. The number of amides is 1. The van der Waals surface area contributed by atoms with Gasteiger partial charge in [0, 0.05) is 5.92 Å². The molecular formula is C16H23NO. The Morgan fingerprint density at radius 1 is 1.11 bits per heavy atom. The van der Waals surface area contributed by atoms with Crippen LogP contribution in [0.25, 0.3) is 0 Å². The lowest BCUT2D eigenvalue weighted by atomic mass is 10.0. The summed E-state index contributed by atoms with van der Waals surface area (Å²) < 4.78 is 0. The maximum Gasteiger partial charge on any atom is 0.224 e. The Bertz CT molecular complexity index is 433. The third-order valence-electron chi connectivity index (χ3n) is 4.94. The largest absolute Gasteiger partial charge is 0.349 e.